The van der Waals surface area contributed by atoms with E-state index in [0.717, 1.165) is 16.7 Å². The fraction of sp³-hybridized carbons (Fsp3) is 0.125. The molecule has 0 unspecified atom stereocenters. The minimum Gasteiger partial charge on any atom is -0.465 e. The van der Waals surface area contributed by atoms with E-state index in [4.69, 9.17) is 4.74 Å². The molecule has 0 fully saturated rings. The second kappa shape index (κ2) is 9.94. The van der Waals surface area contributed by atoms with Gasteiger partial charge in [0.15, 0.2) is 0 Å². The molecule has 1 amide bonds. The van der Waals surface area contributed by atoms with Crippen molar-refractivity contribution in [2.24, 2.45) is 0 Å². The highest BCUT2D eigenvalue weighted by molar-refractivity contribution is 6.01. The van der Waals surface area contributed by atoms with Crippen LogP contribution < -0.4 is 10.6 Å². The van der Waals surface area contributed by atoms with Gasteiger partial charge in [0.2, 0.25) is 0 Å². The molecule has 0 heterocycles. The first-order valence-corrected chi connectivity index (χ1v) is 9.46. The third-order valence-electron chi connectivity index (χ3n) is 4.65. The summed E-state index contributed by atoms with van der Waals surface area (Å²) < 4.78 is 9.50. The average Bonchev–Trinajstić information content (AvgIpc) is 2.82. The number of methoxy groups -OCH3 is 2. The zero-order valence-corrected chi connectivity index (χ0v) is 17.1. The number of nitrogens with zero attached hydrogens (tertiary/aromatic N) is 1. The van der Waals surface area contributed by atoms with Gasteiger partial charge in [0.1, 0.15) is 0 Å². The summed E-state index contributed by atoms with van der Waals surface area (Å²) in [4.78, 5) is 23.9. The molecule has 0 atom stereocenters. The van der Waals surface area contributed by atoms with Crippen molar-refractivity contribution in [2.45, 2.75) is 6.54 Å². The normalized spacial score (nSPS) is 9.97. The number of nitriles is 1. The van der Waals surface area contributed by atoms with Crippen LogP contribution in [0.1, 0.15) is 21.5 Å². The molecule has 0 spiro atoms. The molecule has 0 saturated carbocycles. The average molecular weight is 415 g/mol. The number of anilines is 2. The fourth-order valence-electron chi connectivity index (χ4n) is 3.14. The van der Waals surface area contributed by atoms with E-state index in [1.165, 1.54) is 14.2 Å². The van der Waals surface area contributed by atoms with E-state index in [2.05, 4.69) is 21.4 Å². The standard InChI is InChI=1S/C24H21N3O4/c1-30-23(28)20-9-6-10-21(27-24(29)31-2)22(20)26-15-16-11-12-19(18(13-16)14-25)17-7-4-3-5-8-17/h3-13,26H,15H2,1-2H3,(H,27,29). The smallest absolute Gasteiger partial charge is 0.411 e. The number of hydrogen-bond acceptors (Lipinski definition) is 6. The molecule has 156 valence electrons. The van der Waals surface area contributed by atoms with Crippen molar-refractivity contribution in [1.82, 2.24) is 0 Å². The van der Waals surface area contributed by atoms with Gasteiger partial charge in [-0.25, -0.2) is 9.59 Å². The lowest BCUT2D eigenvalue weighted by Gasteiger charge is -2.16. The zero-order chi connectivity index (χ0) is 22.2. The number of esters is 1. The number of amides is 1. The number of para-hydroxylation sites is 1. The van der Waals surface area contributed by atoms with Crippen LogP contribution in [0.25, 0.3) is 11.1 Å². The van der Waals surface area contributed by atoms with Crippen LogP contribution in [0.3, 0.4) is 0 Å². The van der Waals surface area contributed by atoms with Crippen LogP contribution in [0.2, 0.25) is 0 Å². The van der Waals surface area contributed by atoms with Crippen LogP contribution in [-0.2, 0) is 16.0 Å². The molecule has 0 aromatic heterocycles. The molecule has 2 N–H and O–H groups in total. The summed E-state index contributed by atoms with van der Waals surface area (Å²) in [6.07, 6.45) is -0.663. The predicted octanol–water partition coefficient (Wildman–Crippen LogP) is 4.80. The Morgan fingerprint density at radius 2 is 1.74 bits per heavy atom. The Morgan fingerprint density at radius 3 is 2.42 bits per heavy atom. The van der Waals surface area contributed by atoms with Crippen molar-refractivity contribution >= 4 is 23.4 Å². The van der Waals surface area contributed by atoms with Gasteiger partial charge in [-0.1, -0.05) is 48.5 Å². The van der Waals surface area contributed by atoms with E-state index >= 15 is 0 Å². The molecule has 0 radical (unpaired) electrons. The quantitative estimate of drug-likeness (QED) is 0.561. The maximum atomic E-state index is 12.2. The minimum atomic E-state index is -0.663. The van der Waals surface area contributed by atoms with Crippen molar-refractivity contribution in [1.29, 1.82) is 5.26 Å². The van der Waals surface area contributed by atoms with Gasteiger partial charge >= 0.3 is 12.1 Å². The highest BCUT2D eigenvalue weighted by Crippen LogP contribution is 2.29. The van der Waals surface area contributed by atoms with E-state index < -0.39 is 12.1 Å². The molecule has 31 heavy (non-hydrogen) atoms. The van der Waals surface area contributed by atoms with Crippen molar-refractivity contribution in [2.75, 3.05) is 24.9 Å². The van der Waals surface area contributed by atoms with Gasteiger partial charge in [-0.05, 0) is 34.9 Å². The lowest BCUT2D eigenvalue weighted by molar-refractivity contribution is 0.0601. The number of nitrogens with one attached hydrogen (secondary N) is 2. The number of hydrogen-bond donors (Lipinski definition) is 2. The van der Waals surface area contributed by atoms with E-state index in [1.807, 2.05) is 42.5 Å². The predicted molar refractivity (Wildman–Crippen MR) is 118 cm³/mol. The third-order valence-corrected chi connectivity index (χ3v) is 4.65. The Labute approximate surface area is 180 Å². The Balaban J connectivity index is 1.90. The van der Waals surface area contributed by atoms with Gasteiger partial charge in [-0.15, -0.1) is 0 Å². The monoisotopic (exact) mass is 415 g/mol. The van der Waals surface area contributed by atoms with Crippen LogP contribution in [-0.4, -0.2) is 26.3 Å². The van der Waals surface area contributed by atoms with E-state index in [0.29, 0.717) is 23.5 Å². The summed E-state index contributed by atoms with van der Waals surface area (Å²) in [5, 5.41) is 15.4. The topological polar surface area (TPSA) is 100 Å². The highest BCUT2D eigenvalue weighted by atomic mass is 16.5. The molecule has 0 aliphatic carbocycles. The van der Waals surface area contributed by atoms with Crippen LogP contribution in [0.4, 0.5) is 16.2 Å². The molecule has 3 rings (SSSR count). The number of carbonyl (C=O) groups excluding carboxylic acids is 2. The van der Waals surface area contributed by atoms with Gasteiger partial charge in [0.05, 0.1) is 42.8 Å². The first-order chi connectivity index (χ1) is 15.1. The summed E-state index contributed by atoms with van der Waals surface area (Å²) in [6, 6.07) is 22.4. The van der Waals surface area contributed by atoms with Crippen LogP contribution >= 0.6 is 0 Å². The molecular formula is C24H21N3O4. The van der Waals surface area contributed by atoms with Gasteiger partial charge in [0.25, 0.3) is 0 Å². The second-order valence-corrected chi connectivity index (χ2v) is 6.55. The number of carbonyl (C=O) groups is 2. The maximum Gasteiger partial charge on any atom is 0.411 e. The molecule has 3 aromatic carbocycles. The summed E-state index contributed by atoms with van der Waals surface area (Å²) in [5.74, 6) is -0.548. The fourth-order valence-corrected chi connectivity index (χ4v) is 3.14. The Kier molecular flexibility index (Phi) is 6.86. The summed E-state index contributed by atoms with van der Waals surface area (Å²) >= 11 is 0. The lowest BCUT2D eigenvalue weighted by Crippen LogP contribution is -2.15. The van der Waals surface area contributed by atoms with E-state index in [9.17, 15) is 14.9 Å². The Bertz CT molecular complexity index is 1140. The molecule has 0 bridgehead atoms. The minimum absolute atomic E-state index is 0.262. The van der Waals surface area contributed by atoms with Gasteiger partial charge in [0, 0.05) is 6.54 Å². The first kappa shape index (κ1) is 21.4. The van der Waals surface area contributed by atoms with Crippen LogP contribution in [0.5, 0.6) is 0 Å². The summed E-state index contributed by atoms with van der Waals surface area (Å²) in [7, 11) is 2.54. The Morgan fingerprint density at radius 1 is 0.968 bits per heavy atom. The molecule has 7 nitrogen and oxygen atoms in total. The first-order valence-electron chi connectivity index (χ1n) is 9.46. The van der Waals surface area contributed by atoms with E-state index in [-0.39, 0.29) is 5.56 Å². The van der Waals surface area contributed by atoms with Crippen molar-refractivity contribution in [3.8, 4) is 17.2 Å². The molecule has 7 heteroatoms. The van der Waals surface area contributed by atoms with Gasteiger partial charge in [-0.3, -0.25) is 5.32 Å². The molecule has 0 aliphatic heterocycles. The number of rotatable bonds is 6. The highest BCUT2D eigenvalue weighted by Gasteiger charge is 2.17. The third kappa shape index (κ3) is 5.00. The Hall–Kier alpha value is -4.31. The largest absolute Gasteiger partial charge is 0.465 e. The second-order valence-electron chi connectivity index (χ2n) is 6.55. The van der Waals surface area contributed by atoms with Crippen LogP contribution in [0, 0.1) is 11.3 Å². The summed E-state index contributed by atoms with van der Waals surface area (Å²) in [5.41, 5.74) is 4.20. The van der Waals surface area contributed by atoms with Gasteiger partial charge in [-0.2, -0.15) is 5.26 Å². The molecule has 0 aliphatic rings. The van der Waals surface area contributed by atoms with Crippen LogP contribution in [0.15, 0.2) is 66.7 Å². The lowest BCUT2D eigenvalue weighted by atomic mass is 9.98. The number of benzene rings is 3. The molecular weight excluding hydrogens is 394 g/mol. The van der Waals surface area contributed by atoms with E-state index in [1.54, 1.807) is 24.3 Å². The summed E-state index contributed by atoms with van der Waals surface area (Å²) in [6.45, 7) is 0.313. The van der Waals surface area contributed by atoms with Crippen molar-refractivity contribution in [3.05, 3.63) is 83.4 Å². The molecule has 0 saturated heterocycles. The number of ether oxygens (including phenoxy) is 2. The van der Waals surface area contributed by atoms with Crippen molar-refractivity contribution < 1.29 is 19.1 Å². The SMILES string of the molecule is COC(=O)Nc1cccc(C(=O)OC)c1NCc1ccc(-c2ccccc2)c(C#N)c1. The maximum absolute atomic E-state index is 12.2. The molecule has 3 aromatic rings. The van der Waals surface area contributed by atoms with Gasteiger partial charge < -0.3 is 14.8 Å². The van der Waals surface area contributed by atoms with Crippen molar-refractivity contribution in [3.63, 3.8) is 0 Å². The zero-order valence-electron chi connectivity index (χ0n) is 17.1.